The Bertz CT molecular complexity index is 958. The van der Waals surface area contributed by atoms with E-state index < -0.39 is 11.9 Å². The van der Waals surface area contributed by atoms with Crippen LogP contribution in [0.2, 0.25) is 0 Å². The molecule has 3 N–H and O–H groups in total. The molecule has 148 valence electrons. The van der Waals surface area contributed by atoms with Crippen LogP contribution in [-0.4, -0.2) is 37.6 Å². The van der Waals surface area contributed by atoms with Gasteiger partial charge in [0.25, 0.3) is 5.91 Å². The molecule has 1 amide bonds. The average Bonchev–Trinajstić information content (AvgIpc) is 3.33. The summed E-state index contributed by atoms with van der Waals surface area (Å²) in [5, 5.41) is 12.7. The zero-order chi connectivity index (χ0) is 19.7. The maximum absolute atomic E-state index is 12.9. The van der Waals surface area contributed by atoms with E-state index in [4.69, 9.17) is 0 Å². The molecule has 4 rings (SSSR count). The van der Waals surface area contributed by atoms with Gasteiger partial charge in [-0.05, 0) is 43.9 Å². The van der Waals surface area contributed by atoms with Crippen LogP contribution in [0.3, 0.4) is 0 Å². The Kier molecular flexibility index (Phi) is 4.70. The number of carbonyl (C=O) groups is 1. The van der Waals surface area contributed by atoms with E-state index in [9.17, 15) is 18.0 Å². The third-order valence-electron chi connectivity index (χ3n) is 4.94. The van der Waals surface area contributed by atoms with Crippen molar-refractivity contribution in [2.24, 2.45) is 0 Å². The van der Waals surface area contributed by atoms with Crippen molar-refractivity contribution in [1.29, 1.82) is 0 Å². The van der Waals surface area contributed by atoms with Crippen molar-refractivity contribution in [3.05, 3.63) is 48.0 Å². The predicted molar refractivity (Wildman–Crippen MR) is 95.9 cm³/mol. The molecule has 0 bridgehead atoms. The summed E-state index contributed by atoms with van der Waals surface area (Å²) in [5.41, 5.74) is -0.239. The van der Waals surface area contributed by atoms with Gasteiger partial charge in [-0.3, -0.25) is 14.3 Å². The number of rotatable bonds is 4. The molecule has 1 fully saturated rings. The minimum atomic E-state index is -4.48. The van der Waals surface area contributed by atoms with Crippen LogP contribution in [0.15, 0.2) is 36.7 Å². The first-order chi connectivity index (χ1) is 13.4. The van der Waals surface area contributed by atoms with Crippen molar-refractivity contribution in [2.45, 2.75) is 43.9 Å². The summed E-state index contributed by atoms with van der Waals surface area (Å²) in [5.74, 6) is 0.391. The van der Waals surface area contributed by atoms with Gasteiger partial charge in [-0.25, -0.2) is 4.98 Å². The number of hydrogen-bond acceptors (Lipinski definition) is 4. The first kappa shape index (κ1) is 18.3. The molecule has 1 aliphatic rings. The van der Waals surface area contributed by atoms with Crippen molar-refractivity contribution in [3.63, 3.8) is 0 Å². The maximum atomic E-state index is 12.9. The van der Waals surface area contributed by atoms with Gasteiger partial charge in [0.05, 0.1) is 0 Å². The number of imidazole rings is 1. The minimum absolute atomic E-state index is 0.0646. The fourth-order valence-corrected chi connectivity index (χ4v) is 3.50. The van der Waals surface area contributed by atoms with Crippen molar-refractivity contribution < 1.29 is 18.0 Å². The van der Waals surface area contributed by atoms with Crippen LogP contribution in [0.25, 0.3) is 5.65 Å². The zero-order valence-corrected chi connectivity index (χ0v) is 14.8. The highest BCUT2D eigenvalue weighted by Crippen LogP contribution is 2.30. The Morgan fingerprint density at radius 3 is 2.57 bits per heavy atom. The molecule has 0 aliphatic heterocycles. The van der Waals surface area contributed by atoms with Crippen LogP contribution in [0.5, 0.6) is 0 Å². The minimum Gasteiger partial charge on any atom is -0.368 e. The molecule has 0 unspecified atom stereocenters. The van der Waals surface area contributed by atoms with Crippen LogP contribution < -0.4 is 10.6 Å². The summed E-state index contributed by atoms with van der Waals surface area (Å²) >= 11 is 0. The zero-order valence-electron chi connectivity index (χ0n) is 14.8. The van der Waals surface area contributed by atoms with E-state index in [-0.39, 0.29) is 23.6 Å². The smallest absolute Gasteiger partial charge is 0.368 e. The Labute approximate surface area is 158 Å². The van der Waals surface area contributed by atoms with E-state index in [1.54, 1.807) is 24.3 Å². The molecule has 1 aliphatic carbocycles. The second kappa shape index (κ2) is 7.17. The van der Waals surface area contributed by atoms with Gasteiger partial charge in [0.2, 0.25) is 0 Å². The molecule has 0 saturated heterocycles. The number of alkyl halides is 3. The van der Waals surface area contributed by atoms with E-state index in [1.807, 2.05) is 0 Å². The molecular weight excluding hydrogens is 373 g/mol. The number of pyridine rings is 1. The number of halogens is 3. The number of carbonyl (C=O) groups excluding carboxylic acids is 1. The van der Waals surface area contributed by atoms with E-state index in [0.717, 1.165) is 31.9 Å². The van der Waals surface area contributed by atoms with E-state index in [2.05, 4.69) is 25.8 Å². The fraction of sp³-hybridized carbons (Fsp3) is 0.389. The number of aromatic nitrogens is 4. The monoisotopic (exact) mass is 392 g/mol. The lowest BCUT2D eigenvalue weighted by atomic mass is 9.91. The van der Waals surface area contributed by atoms with Gasteiger partial charge in [0, 0.05) is 24.5 Å². The van der Waals surface area contributed by atoms with Crippen molar-refractivity contribution >= 4 is 17.4 Å². The first-order valence-electron chi connectivity index (χ1n) is 9.02. The second-order valence-electron chi connectivity index (χ2n) is 6.90. The van der Waals surface area contributed by atoms with E-state index in [0.29, 0.717) is 11.5 Å². The molecule has 7 nitrogen and oxygen atoms in total. The maximum Gasteiger partial charge on any atom is 0.434 e. The summed E-state index contributed by atoms with van der Waals surface area (Å²) in [4.78, 5) is 15.7. The number of hydrogen-bond donors (Lipinski definition) is 3. The lowest BCUT2D eigenvalue weighted by Gasteiger charge is -2.30. The topological polar surface area (TPSA) is 87.1 Å². The molecule has 3 aromatic rings. The molecule has 1 saturated carbocycles. The van der Waals surface area contributed by atoms with Crippen LogP contribution >= 0.6 is 0 Å². The highest BCUT2D eigenvalue weighted by atomic mass is 19.4. The van der Waals surface area contributed by atoms with Crippen LogP contribution in [0.1, 0.15) is 41.9 Å². The van der Waals surface area contributed by atoms with Crippen LogP contribution in [0.4, 0.5) is 19.0 Å². The molecule has 0 spiro atoms. The number of nitrogens with zero attached hydrogens (tertiary/aromatic N) is 3. The molecule has 0 radical (unpaired) electrons. The molecule has 10 heteroatoms. The van der Waals surface area contributed by atoms with Gasteiger partial charge < -0.3 is 10.6 Å². The lowest BCUT2D eigenvalue weighted by Crippen LogP contribution is -2.40. The summed E-state index contributed by atoms with van der Waals surface area (Å²) in [7, 11) is 0. The largest absolute Gasteiger partial charge is 0.434 e. The number of fused-ring (bicyclic) bond motifs is 1. The van der Waals surface area contributed by atoms with Crippen LogP contribution in [0, 0.1) is 0 Å². The van der Waals surface area contributed by atoms with Crippen molar-refractivity contribution in [3.8, 4) is 0 Å². The van der Waals surface area contributed by atoms with Crippen molar-refractivity contribution in [2.75, 3.05) is 5.32 Å². The summed E-state index contributed by atoms with van der Waals surface area (Å²) < 4.78 is 40.2. The summed E-state index contributed by atoms with van der Waals surface area (Å²) in [6, 6.07) is 6.76. The second-order valence-corrected chi connectivity index (χ2v) is 6.90. The molecule has 0 atom stereocenters. The van der Waals surface area contributed by atoms with Gasteiger partial charge in [-0.1, -0.05) is 6.07 Å². The average molecular weight is 392 g/mol. The number of amides is 1. The van der Waals surface area contributed by atoms with E-state index >= 15 is 0 Å². The third-order valence-corrected chi connectivity index (χ3v) is 4.94. The molecule has 3 heterocycles. The number of aromatic amines is 1. The van der Waals surface area contributed by atoms with Gasteiger partial charge in [0.1, 0.15) is 17.2 Å². The molecular formula is C18H19F3N6O. The van der Waals surface area contributed by atoms with Gasteiger partial charge >= 0.3 is 6.18 Å². The highest BCUT2D eigenvalue weighted by Gasteiger charge is 2.34. The first-order valence-corrected chi connectivity index (χ1v) is 9.02. The predicted octanol–water partition coefficient (Wildman–Crippen LogP) is 3.23. The molecule has 28 heavy (non-hydrogen) atoms. The standard InChI is InChI=1S/C18H19F3N6O/c19-18(20,21)14-10-27-15(2-1-3-16(27)25-14)23-11-4-6-12(7-5-11)24-17(28)13-8-9-22-26-13/h1-3,8-12,23H,4-7H2,(H,22,26)(H,24,28)/t11-,12+. The van der Waals surface area contributed by atoms with Crippen molar-refractivity contribution in [1.82, 2.24) is 24.9 Å². The number of anilines is 1. The third kappa shape index (κ3) is 3.80. The van der Waals surface area contributed by atoms with Crippen LogP contribution in [-0.2, 0) is 6.18 Å². The van der Waals surface area contributed by atoms with E-state index in [1.165, 1.54) is 10.6 Å². The Morgan fingerprint density at radius 1 is 1.14 bits per heavy atom. The fourth-order valence-electron chi connectivity index (χ4n) is 3.50. The molecule has 3 aromatic heterocycles. The SMILES string of the molecule is O=C(N[C@H]1CC[C@@H](Nc2cccc3nc(C(F)(F)F)cn23)CC1)c1ccn[nH]1. The highest BCUT2D eigenvalue weighted by molar-refractivity contribution is 5.92. The summed E-state index contributed by atoms with van der Waals surface area (Å²) in [6.07, 6.45) is 1.21. The lowest BCUT2D eigenvalue weighted by molar-refractivity contribution is -0.140. The number of H-pyrrole nitrogens is 1. The molecule has 0 aromatic carbocycles. The Balaban J connectivity index is 1.38. The van der Waals surface area contributed by atoms with Gasteiger partial charge in [-0.15, -0.1) is 0 Å². The Morgan fingerprint density at radius 2 is 1.89 bits per heavy atom. The summed E-state index contributed by atoms with van der Waals surface area (Å²) in [6.45, 7) is 0. The number of nitrogens with one attached hydrogen (secondary N) is 3. The van der Waals surface area contributed by atoms with Gasteiger partial charge in [0.15, 0.2) is 5.69 Å². The van der Waals surface area contributed by atoms with Gasteiger partial charge in [-0.2, -0.15) is 18.3 Å². The normalized spacial score (nSPS) is 20.2. The Hall–Kier alpha value is -3.04. The quantitative estimate of drug-likeness (QED) is 0.636.